The molecule has 1 heterocycles. The van der Waals surface area contributed by atoms with E-state index in [0.29, 0.717) is 12.2 Å². The molecule has 0 N–H and O–H groups in total. The van der Waals surface area contributed by atoms with Crippen LogP contribution >= 0.6 is 0 Å². The molecule has 0 radical (unpaired) electrons. The number of ether oxygens (including phenoxy) is 1. The predicted molar refractivity (Wildman–Crippen MR) is 77.4 cm³/mol. The quantitative estimate of drug-likeness (QED) is 0.423. The molecule has 0 amide bonds. The van der Waals surface area contributed by atoms with E-state index in [9.17, 15) is 0 Å². The summed E-state index contributed by atoms with van der Waals surface area (Å²) in [7, 11) is 0. The minimum absolute atomic E-state index is 0.369. The third kappa shape index (κ3) is 1.28. The molecular weight excluding hydrogens is 232 g/mol. The molecule has 0 saturated carbocycles. The molecule has 1 saturated heterocycles. The van der Waals surface area contributed by atoms with Gasteiger partial charge in [-0.3, -0.25) is 0 Å². The fraction of sp³-hybridized carbons (Fsp3) is 0.222. The highest BCUT2D eigenvalue weighted by molar-refractivity contribution is 6.09. The van der Waals surface area contributed by atoms with Crippen molar-refractivity contribution in [1.29, 1.82) is 0 Å². The first kappa shape index (κ1) is 9.99. The molecule has 1 heteroatoms. The normalized spacial score (nSPS) is 24.2. The average molecular weight is 246 g/mol. The Kier molecular flexibility index (Phi) is 1.77. The third-order valence-electron chi connectivity index (χ3n) is 4.62. The van der Waals surface area contributed by atoms with Crippen LogP contribution in [0.2, 0.25) is 0 Å². The molecule has 1 nitrogen and oxygen atoms in total. The monoisotopic (exact) mass is 246 g/mol. The summed E-state index contributed by atoms with van der Waals surface area (Å²) in [6, 6.07) is 17.7. The molecule has 92 valence electrons. The summed E-state index contributed by atoms with van der Waals surface area (Å²) in [5, 5.41) is 5.43. The van der Waals surface area contributed by atoms with Crippen molar-refractivity contribution in [2.75, 3.05) is 0 Å². The minimum atomic E-state index is 0.369. The van der Waals surface area contributed by atoms with Crippen LogP contribution in [0.4, 0.5) is 0 Å². The van der Waals surface area contributed by atoms with Crippen LogP contribution in [-0.2, 0) is 11.2 Å². The van der Waals surface area contributed by atoms with Crippen LogP contribution in [0.1, 0.15) is 23.7 Å². The Bertz CT molecular complexity index is 818. The van der Waals surface area contributed by atoms with Gasteiger partial charge in [-0.15, -0.1) is 0 Å². The van der Waals surface area contributed by atoms with E-state index in [1.807, 2.05) is 0 Å². The highest BCUT2D eigenvalue weighted by Crippen LogP contribution is 2.49. The molecule has 0 aromatic heterocycles. The minimum Gasteiger partial charge on any atom is -0.364 e. The number of rotatable bonds is 0. The van der Waals surface area contributed by atoms with Crippen LogP contribution in [0, 0.1) is 0 Å². The van der Waals surface area contributed by atoms with Gasteiger partial charge in [-0.2, -0.15) is 0 Å². The van der Waals surface area contributed by atoms with Crippen LogP contribution in [0.15, 0.2) is 48.5 Å². The fourth-order valence-electron chi connectivity index (χ4n) is 3.62. The SMILES string of the molecule is c1ccc2c(c1)ccc1c3c(ccc12)CCC1OC31. The van der Waals surface area contributed by atoms with E-state index < -0.39 is 0 Å². The van der Waals surface area contributed by atoms with Gasteiger partial charge in [0.25, 0.3) is 0 Å². The first-order valence-electron chi connectivity index (χ1n) is 7.00. The molecule has 0 bridgehead atoms. The maximum atomic E-state index is 5.82. The van der Waals surface area contributed by atoms with Gasteiger partial charge in [0.2, 0.25) is 0 Å². The van der Waals surface area contributed by atoms with Crippen LogP contribution in [0.5, 0.6) is 0 Å². The van der Waals surface area contributed by atoms with Crippen LogP contribution < -0.4 is 0 Å². The number of fused-ring (bicyclic) bond motifs is 7. The summed E-state index contributed by atoms with van der Waals surface area (Å²) >= 11 is 0. The van der Waals surface area contributed by atoms with Crippen LogP contribution in [0.25, 0.3) is 21.5 Å². The Morgan fingerprint density at radius 3 is 2.74 bits per heavy atom. The lowest BCUT2D eigenvalue weighted by molar-refractivity contribution is 0.373. The number of benzene rings is 3. The summed E-state index contributed by atoms with van der Waals surface area (Å²) < 4.78 is 5.82. The van der Waals surface area contributed by atoms with Crippen molar-refractivity contribution in [3.63, 3.8) is 0 Å². The number of hydrogen-bond acceptors (Lipinski definition) is 1. The zero-order valence-electron chi connectivity index (χ0n) is 10.6. The molecule has 2 aliphatic rings. The molecule has 1 aliphatic carbocycles. The van der Waals surface area contributed by atoms with E-state index in [1.54, 1.807) is 0 Å². The first-order chi connectivity index (χ1) is 9.42. The van der Waals surface area contributed by atoms with Crippen molar-refractivity contribution in [3.8, 4) is 0 Å². The maximum absolute atomic E-state index is 5.82. The fourth-order valence-corrected chi connectivity index (χ4v) is 3.62. The lowest BCUT2D eigenvalue weighted by Crippen LogP contribution is -2.04. The van der Waals surface area contributed by atoms with Gasteiger partial charge in [0.1, 0.15) is 6.10 Å². The summed E-state index contributed by atoms with van der Waals surface area (Å²) in [4.78, 5) is 0. The van der Waals surface area contributed by atoms with E-state index in [1.165, 1.54) is 45.5 Å². The molecular formula is C18H14O. The highest BCUT2D eigenvalue weighted by atomic mass is 16.6. The average Bonchev–Trinajstić information content (AvgIpc) is 3.26. The zero-order valence-corrected chi connectivity index (χ0v) is 10.6. The van der Waals surface area contributed by atoms with E-state index >= 15 is 0 Å². The smallest absolute Gasteiger partial charge is 0.110 e. The molecule has 5 rings (SSSR count). The van der Waals surface area contributed by atoms with Gasteiger partial charge in [0, 0.05) is 0 Å². The Hall–Kier alpha value is -1.86. The van der Waals surface area contributed by atoms with Gasteiger partial charge < -0.3 is 4.74 Å². The van der Waals surface area contributed by atoms with Gasteiger partial charge in [0.05, 0.1) is 6.10 Å². The summed E-state index contributed by atoms with van der Waals surface area (Å²) in [5.74, 6) is 0. The van der Waals surface area contributed by atoms with Gasteiger partial charge >= 0.3 is 0 Å². The van der Waals surface area contributed by atoms with Crippen LogP contribution in [0.3, 0.4) is 0 Å². The molecule has 2 unspecified atom stereocenters. The molecule has 3 aromatic rings. The molecule has 1 fully saturated rings. The van der Waals surface area contributed by atoms with Crippen molar-refractivity contribution < 1.29 is 4.74 Å². The Labute approximate surface area is 111 Å². The lowest BCUT2D eigenvalue weighted by Gasteiger charge is -2.15. The Morgan fingerprint density at radius 2 is 1.74 bits per heavy atom. The second kappa shape index (κ2) is 3.37. The number of aryl methyl sites for hydroxylation is 1. The van der Waals surface area contributed by atoms with E-state index in [0.717, 1.165) is 0 Å². The second-order valence-corrected chi connectivity index (χ2v) is 5.65. The summed E-state index contributed by atoms with van der Waals surface area (Å²) in [6.45, 7) is 0. The van der Waals surface area contributed by atoms with Crippen LogP contribution in [-0.4, -0.2) is 6.10 Å². The van der Waals surface area contributed by atoms with Crippen molar-refractivity contribution in [3.05, 3.63) is 59.7 Å². The zero-order chi connectivity index (χ0) is 12.4. The number of epoxide rings is 1. The van der Waals surface area contributed by atoms with E-state index in [-0.39, 0.29) is 0 Å². The molecule has 1 aliphatic heterocycles. The van der Waals surface area contributed by atoms with Gasteiger partial charge in [-0.25, -0.2) is 0 Å². The van der Waals surface area contributed by atoms with Crippen molar-refractivity contribution in [2.24, 2.45) is 0 Å². The Morgan fingerprint density at radius 1 is 0.842 bits per heavy atom. The predicted octanol–water partition coefficient (Wildman–Crippen LogP) is 4.38. The highest BCUT2D eigenvalue weighted by Gasteiger charge is 2.44. The van der Waals surface area contributed by atoms with Crippen molar-refractivity contribution in [2.45, 2.75) is 25.0 Å². The molecule has 2 atom stereocenters. The number of hydrogen-bond donors (Lipinski definition) is 0. The Balaban J connectivity index is 1.94. The first-order valence-corrected chi connectivity index (χ1v) is 7.00. The molecule has 0 spiro atoms. The van der Waals surface area contributed by atoms with E-state index in [2.05, 4.69) is 48.5 Å². The van der Waals surface area contributed by atoms with Crippen molar-refractivity contribution in [1.82, 2.24) is 0 Å². The summed E-state index contributed by atoms with van der Waals surface area (Å²) in [5.41, 5.74) is 2.95. The second-order valence-electron chi connectivity index (χ2n) is 5.65. The van der Waals surface area contributed by atoms with E-state index in [4.69, 9.17) is 4.74 Å². The lowest BCUT2D eigenvalue weighted by atomic mass is 9.86. The third-order valence-corrected chi connectivity index (χ3v) is 4.62. The van der Waals surface area contributed by atoms with Gasteiger partial charge in [0.15, 0.2) is 0 Å². The largest absolute Gasteiger partial charge is 0.364 e. The summed E-state index contributed by atoms with van der Waals surface area (Å²) in [6.07, 6.45) is 3.22. The van der Waals surface area contributed by atoms with Crippen molar-refractivity contribution >= 4 is 21.5 Å². The molecule has 19 heavy (non-hydrogen) atoms. The standard InChI is InChI=1S/C18H14O/c1-2-4-13-11(3-1)5-9-15-14(13)8-6-12-7-10-16-18(19-16)17(12)15/h1-6,8-9,16,18H,7,10H2. The maximum Gasteiger partial charge on any atom is 0.110 e. The molecule has 3 aromatic carbocycles. The topological polar surface area (TPSA) is 12.5 Å². The van der Waals surface area contributed by atoms with Gasteiger partial charge in [-0.1, -0.05) is 48.5 Å². The van der Waals surface area contributed by atoms with Gasteiger partial charge in [-0.05, 0) is 45.5 Å².